The van der Waals surface area contributed by atoms with Crippen molar-refractivity contribution < 1.29 is 53.4 Å². The van der Waals surface area contributed by atoms with Crippen molar-refractivity contribution >= 4 is 21.9 Å². The summed E-state index contributed by atoms with van der Waals surface area (Å²) < 4.78 is 40.1. The van der Waals surface area contributed by atoms with Crippen molar-refractivity contribution in [2.45, 2.75) is 6.42 Å². The second-order valence-corrected chi connectivity index (χ2v) is 6.63. The summed E-state index contributed by atoms with van der Waals surface area (Å²) in [6.45, 7) is 0.266. The van der Waals surface area contributed by atoms with Gasteiger partial charge in [0, 0.05) is 5.75 Å². The van der Waals surface area contributed by atoms with E-state index in [2.05, 4.69) is 0 Å². The molecular formula is C11H15NaO5S2. The normalized spacial score (nSPS) is 13.1. The molecule has 0 radical (unpaired) electrons. The second-order valence-electron chi connectivity index (χ2n) is 3.84. The van der Waals surface area contributed by atoms with Crippen LogP contribution in [0.15, 0.2) is 18.2 Å². The van der Waals surface area contributed by atoms with Gasteiger partial charge in [-0.15, -0.1) is 0 Å². The Kier molecular flexibility index (Phi) is 6.99. The Labute approximate surface area is 140 Å². The van der Waals surface area contributed by atoms with Crippen LogP contribution < -0.4 is 39.0 Å². The molecular weight excluding hydrogens is 299 g/mol. The van der Waals surface area contributed by atoms with E-state index in [0.717, 1.165) is 29.2 Å². The Morgan fingerprint density at radius 2 is 2.00 bits per heavy atom. The molecule has 0 spiro atoms. The number of aryl methyl sites for hydroxylation is 1. The molecule has 1 aromatic carbocycles. The number of thioether (sulfide) groups is 1. The van der Waals surface area contributed by atoms with Crippen LogP contribution in [0.25, 0.3) is 0 Å². The van der Waals surface area contributed by atoms with Crippen LogP contribution in [0.3, 0.4) is 0 Å². The average Bonchev–Trinajstić information content (AvgIpc) is 2.74. The maximum atomic E-state index is 10.5. The topological polar surface area (TPSA) is 72.8 Å². The summed E-state index contributed by atoms with van der Waals surface area (Å²) in [7, 11) is -3.83. The molecule has 19 heavy (non-hydrogen) atoms. The first-order valence-corrected chi connectivity index (χ1v) is 8.22. The van der Waals surface area contributed by atoms with Crippen LogP contribution in [0.4, 0.5) is 0 Å². The average molecular weight is 314 g/mol. The van der Waals surface area contributed by atoms with Crippen LogP contribution in [-0.4, -0.2) is 37.0 Å². The molecule has 0 bridgehead atoms. The van der Waals surface area contributed by atoms with Gasteiger partial charge in [-0.1, -0.05) is 6.07 Å². The summed E-state index contributed by atoms with van der Waals surface area (Å²) in [6.07, 6.45) is 0.826. The Hall–Kier alpha value is 0.0800. The fourth-order valence-electron chi connectivity index (χ4n) is 1.55. The second kappa shape index (κ2) is 7.75. The largest absolute Gasteiger partial charge is 1.00 e. The zero-order valence-electron chi connectivity index (χ0n) is 11.7. The van der Waals surface area contributed by atoms with Gasteiger partial charge in [-0.2, -0.15) is 20.2 Å². The fourth-order valence-corrected chi connectivity index (χ4v) is 3.45. The van der Waals surface area contributed by atoms with E-state index in [1.54, 1.807) is 0 Å². The van der Waals surface area contributed by atoms with Crippen LogP contribution in [0.2, 0.25) is 0 Å². The minimum Gasteiger partial charge on any atom is -1.00 e. The van der Waals surface area contributed by atoms with E-state index in [1.807, 2.05) is 18.2 Å². The van der Waals surface area contributed by atoms with Gasteiger partial charge in [0.2, 0.25) is 6.79 Å². The minimum atomic E-state index is -3.83. The van der Waals surface area contributed by atoms with E-state index in [9.17, 15) is 8.42 Å². The third-order valence-corrected chi connectivity index (χ3v) is 4.42. The Morgan fingerprint density at radius 3 is 2.74 bits per heavy atom. The number of fused-ring (bicyclic) bond motifs is 1. The van der Waals surface area contributed by atoms with Crippen LogP contribution in [0.1, 0.15) is 6.99 Å². The molecule has 0 unspecified atom stereocenters. The zero-order chi connectivity index (χ0) is 13.0. The molecule has 0 saturated carbocycles. The quantitative estimate of drug-likeness (QED) is 0.400. The van der Waals surface area contributed by atoms with Gasteiger partial charge in [0.1, 0.15) is 0 Å². The maximum absolute atomic E-state index is 10.5. The van der Waals surface area contributed by atoms with Gasteiger partial charge in [0.15, 0.2) is 11.5 Å². The SMILES string of the molecule is O=S(=O)(O)CCSCCc1ccc2c(c1)OCO2.[H-].[Na+]. The van der Waals surface area contributed by atoms with E-state index in [-0.39, 0.29) is 43.5 Å². The van der Waals surface area contributed by atoms with Crippen molar-refractivity contribution in [1.82, 2.24) is 0 Å². The van der Waals surface area contributed by atoms with Crippen LogP contribution >= 0.6 is 11.8 Å². The number of hydrogen-bond acceptors (Lipinski definition) is 5. The molecule has 5 nitrogen and oxygen atoms in total. The van der Waals surface area contributed by atoms with Crippen molar-refractivity contribution in [2.75, 3.05) is 24.1 Å². The third kappa shape index (κ3) is 5.93. The van der Waals surface area contributed by atoms with E-state index in [0.29, 0.717) is 5.75 Å². The Bertz CT molecular complexity index is 524. The van der Waals surface area contributed by atoms with Gasteiger partial charge in [0.25, 0.3) is 10.1 Å². The third-order valence-electron chi connectivity index (χ3n) is 2.46. The van der Waals surface area contributed by atoms with Crippen molar-refractivity contribution in [3.63, 3.8) is 0 Å². The minimum absolute atomic E-state index is 0. The van der Waals surface area contributed by atoms with Crippen LogP contribution in [0, 0.1) is 0 Å². The van der Waals surface area contributed by atoms with Gasteiger partial charge in [0.05, 0.1) is 5.75 Å². The smallest absolute Gasteiger partial charge is 1.00 e. The molecule has 0 aromatic heterocycles. The molecule has 0 aliphatic carbocycles. The summed E-state index contributed by atoms with van der Waals surface area (Å²) in [4.78, 5) is 0. The maximum Gasteiger partial charge on any atom is 1.00 e. The summed E-state index contributed by atoms with van der Waals surface area (Å²) in [5.41, 5.74) is 1.12. The Morgan fingerprint density at radius 1 is 1.26 bits per heavy atom. The predicted molar refractivity (Wildman–Crippen MR) is 71.1 cm³/mol. The van der Waals surface area contributed by atoms with Crippen molar-refractivity contribution in [3.05, 3.63) is 23.8 Å². The van der Waals surface area contributed by atoms with Crippen LogP contribution in [-0.2, 0) is 16.5 Å². The van der Waals surface area contributed by atoms with Crippen molar-refractivity contribution in [3.8, 4) is 11.5 Å². The number of benzene rings is 1. The van der Waals surface area contributed by atoms with Gasteiger partial charge in [-0.3, -0.25) is 4.55 Å². The predicted octanol–water partition coefficient (Wildman–Crippen LogP) is -1.30. The van der Waals surface area contributed by atoms with Gasteiger partial charge in [-0.25, -0.2) is 0 Å². The van der Waals surface area contributed by atoms with Crippen LogP contribution in [0.5, 0.6) is 11.5 Å². The van der Waals surface area contributed by atoms with E-state index < -0.39 is 10.1 Å². The summed E-state index contributed by atoms with van der Waals surface area (Å²) in [5, 5.41) is 0. The first-order chi connectivity index (χ1) is 8.54. The van der Waals surface area contributed by atoms with E-state index in [1.165, 1.54) is 11.8 Å². The first-order valence-electron chi connectivity index (χ1n) is 5.46. The van der Waals surface area contributed by atoms with Crippen molar-refractivity contribution in [2.24, 2.45) is 0 Å². The number of hydrogen-bond donors (Lipinski definition) is 1. The molecule has 0 saturated heterocycles. The zero-order valence-corrected chi connectivity index (χ0v) is 14.3. The molecule has 0 atom stereocenters. The standard InChI is InChI=1S/C11H14O5S2.Na.H/c12-18(13,14)6-5-17-4-3-9-1-2-10-11(7-9)16-8-15-10;;/h1-2,7H,3-6,8H2,(H,12,13,14);;/q;+1;-1. The molecule has 1 aliphatic rings. The van der Waals surface area contributed by atoms with E-state index in [4.69, 9.17) is 14.0 Å². The summed E-state index contributed by atoms with van der Waals surface area (Å²) in [5.74, 6) is 2.53. The van der Waals surface area contributed by atoms with E-state index >= 15 is 0 Å². The molecule has 1 aromatic rings. The molecule has 0 amide bonds. The Balaban J connectivity index is 0.00000180. The van der Waals surface area contributed by atoms with Gasteiger partial charge >= 0.3 is 29.6 Å². The first kappa shape index (κ1) is 17.1. The fraction of sp³-hybridized carbons (Fsp3) is 0.455. The van der Waals surface area contributed by atoms with Gasteiger partial charge in [-0.05, 0) is 29.9 Å². The molecule has 2 rings (SSSR count). The number of rotatable bonds is 6. The monoisotopic (exact) mass is 314 g/mol. The number of ether oxygens (including phenoxy) is 2. The summed E-state index contributed by atoms with van der Waals surface area (Å²) >= 11 is 1.50. The van der Waals surface area contributed by atoms with Crippen molar-refractivity contribution in [1.29, 1.82) is 0 Å². The molecule has 102 valence electrons. The molecule has 1 heterocycles. The molecule has 0 fully saturated rings. The molecule has 1 N–H and O–H groups in total. The molecule has 1 aliphatic heterocycles. The molecule has 8 heteroatoms. The summed E-state index contributed by atoms with van der Waals surface area (Å²) in [6, 6.07) is 5.78. The van der Waals surface area contributed by atoms with Gasteiger partial charge < -0.3 is 10.9 Å².